The number of nitrogens with one attached hydrogen (secondary N) is 1. The van der Waals surface area contributed by atoms with Crippen LogP contribution in [0.2, 0.25) is 0 Å². The van der Waals surface area contributed by atoms with E-state index in [1.165, 1.54) is 11.8 Å². The number of rotatable bonds is 10. The predicted octanol–water partition coefficient (Wildman–Crippen LogP) is 4.77. The highest BCUT2D eigenvalue weighted by Crippen LogP contribution is 2.26. The van der Waals surface area contributed by atoms with Crippen LogP contribution in [-0.4, -0.2) is 39.5 Å². The summed E-state index contributed by atoms with van der Waals surface area (Å²) in [6, 6.07) is 11.6. The fraction of sp³-hybridized carbons (Fsp3) is 0.409. The highest BCUT2D eigenvalue weighted by atomic mass is 32.2. The van der Waals surface area contributed by atoms with Gasteiger partial charge in [-0.1, -0.05) is 25.6 Å². The summed E-state index contributed by atoms with van der Waals surface area (Å²) in [5.74, 6) is 1.95. The quantitative estimate of drug-likeness (QED) is 0.470. The minimum Gasteiger partial charge on any atom is -0.461 e. The molecule has 0 radical (unpaired) electrons. The molecule has 8 heteroatoms. The van der Waals surface area contributed by atoms with Crippen molar-refractivity contribution in [3.8, 4) is 11.6 Å². The molecule has 0 saturated heterocycles. The molecule has 0 aliphatic heterocycles. The maximum atomic E-state index is 12.5. The average Bonchev–Trinajstić information content (AvgIpc) is 3.38. The van der Waals surface area contributed by atoms with Gasteiger partial charge in [-0.05, 0) is 56.2 Å². The van der Waals surface area contributed by atoms with Crippen molar-refractivity contribution in [1.82, 2.24) is 14.8 Å². The van der Waals surface area contributed by atoms with Gasteiger partial charge in [0.1, 0.15) is 0 Å². The van der Waals surface area contributed by atoms with Crippen molar-refractivity contribution < 1.29 is 9.21 Å². The average molecular weight is 428 g/mol. The third kappa shape index (κ3) is 5.44. The smallest absolute Gasteiger partial charge is 0.234 e. The number of carbonyl (C=O) groups excluding carboxylic acids is 1. The van der Waals surface area contributed by atoms with Crippen LogP contribution in [0.3, 0.4) is 0 Å². The minimum atomic E-state index is -0.0748. The monoisotopic (exact) mass is 427 g/mol. The number of thioether (sulfide) groups is 1. The zero-order valence-electron chi connectivity index (χ0n) is 18.0. The fourth-order valence-electron chi connectivity index (χ4n) is 3.18. The molecule has 0 saturated carbocycles. The molecule has 3 rings (SSSR count). The summed E-state index contributed by atoms with van der Waals surface area (Å²) in [5.41, 5.74) is 1.94. The number of amides is 1. The molecule has 0 spiro atoms. The Morgan fingerprint density at radius 1 is 1.17 bits per heavy atom. The highest BCUT2D eigenvalue weighted by Gasteiger charge is 2.18. The fourth-order valence-corrected chi connectivity index (χ4v) is 3.93. The molecular formula is C22H29N5O2S. The van der Waals surface area contributed by atoms with Crippen molar-refractivity contribution in [1.29, 1.82) is 0 Å². The van der Waals surface area contributed by atoms with Crippen LogP contribution in [0.1, 0.15) is 27.7 Å². The van der Waals surface area contributed by atoms with Crippen LogP contribution in [0, 0.1) is 5.92 Å². The molecule has 0 aliphatic carbocycles. The maximum absolute atomic E-state index is 12.5. The molecule has 0 unspecified atom stereocenters. The maximum Gasteiger partial charge on any atom is 0.234 e. The van der Waals surface area contributed by atoms with Crippen LogP contribution in [0.5, 0.6) is 0 Å². The summed E-state index contributed by atoms with van der Waals surface area (Å²) in [4.78, 5) is 14.7. The van der Waals surface area contributed by atoms with E-state index in [9.17, 15) is 4.79 Å². The lowest BCUT2D eigenvalue weighted by atomic mass is 10.2. The third-order valence-corrected chi connectivity index (χ3v) is 5.58. The summed E-state index contributed by atoms with van der Waals surface area (Å²) in [5, 5.41) is 12.2. The van der Waals surface area contributed by atoms with Crippen molar-refractivity contribution in [3.63, 3.8) is 0 Å². The van der Waals surface area contributed by atoms with Crippen LogP contribution >= 0.6 is 11.8 Å². The van der Waals surface area contributed by atoms with Gasteiger partial charge in [0.15, 0.2) is 16.7 Å². The lowest BCUT2D eigenvalue weighted by molar-refractivity contribution is -0.113. The number of furan rings is 1. The molecule has 2 aromatic heterocycles. The van der Waals surface area contributed by atoms with Gasteiger partial charge in [0.05, 0.1) is 12.0 Å². The first-order valence-electron chi connectivity index (χ1n) is 10.3. The molecule has 0 atom stereocenters. The van der Waals surface area contributed by atoms with Crippen molar-refractivity contribution >= 4 is 29.0 Å². The molecule has 7 nitrogen and oxygen atoms in total. The topological polar surface area (TPSA) is 76.2 Å². The molecule has 1 N–H and O–H groups in total. The molecule has 0 fully saturated rings. The molecule has 160 valence electrons. The van der Waals surface area contributed by atoms with E-state index in [1.54, 1.807) is 6.26 Å². The number of benzene rings is 1. The molecule has 0 bridgehead atoms. The van der Waals surface area contributed by atoms with E-state index in [4.69, 9.17) is 4.42 Å². The van der Waals surface area contributed by atoms with Gasteiger partial charge in [0.2, 0.25) is 5.91 Å². The van der Waals surface area contributed by atoms with E-state index in [-0.39, 0.29) is 11.7 Å². The Balaban J connectivity index is 1.63. The Morgan fingerprint density at radius 3 is 2.50 bits per heavy atom. The molecule has 1 amide bonds. The normalized spacial score (nSPS) is 11.1. The Morgan fingerprint density at radius 2 is 1.90 bits per heavy atom. The zero-order chi connectivity index (χ0) is 21.5. The van der Waals surface area contributed by atoms with E-state index in [1.807, 2.05) is 41.0 Å². The summed E-state index contributed by atoms with van der Waals surface area (Å²) < 4.78 is 7.50. The molecular weight excluding hydrogens is 398 g/mol. The Kier molecular flexibility index (Phi) is 7.57. The van der Waals surface area contributed by atoms with Crippen molar-refractivity contribution in [2.45, 2.75) is 39.4 Å². The number of aromatic nitrogens is 3. The van der Waals surface area contributed by atoms with Gasteiger partial charge in [-0.15, -0.1) is 10.2 Å². The van der Waals surface area contributed by atoms with Gasteiger partial charge in [-0.2, -0.15) is 0 Å². The van der Waals surface area contributed by atoms with Gasteiger partial charge in [0.25, 0.3) is 0 Å². The highest BCUT2D eigenvalue weighted by molar-refractivity contribution is 7.99. The third-order valence-electron chi connectivity index (χ3n) is 4.62. The van der Waals surface area contributed by atoms with Crippen molar-refractivity contribution in [2.24, 2.45) is 5.92 Å². The van der Waals surface area contributed by atoms with Crippen LogP contribution in [0.25, 0.3) is 11.6 Å². The van der Waals surface area contributed by atoms with Crippen LogP contribution < -0.4 is 10.2 Å². The Bertz CT molecular complexity index is 931. The van der Waals surface area contributed by atoms with Gasteiger partial charge in [-0.25, -0.2) is 0 Å². The second kappa shape index (κ2) is 10.3. The van der Waals surface area contributed by atoms with Crippen LogP contribution in [-0.2, 0) is 11.3 Å². The van der Waals surface area contributed by atoms with Gasteiger partial charge >= 0.3 is 0 Å². The lowest BCUT2D eigenvalue weighted by Crippen LogP contribution is -2.21. The Hall–Kier alpha value is -2.74. The lowest BCUT2D eigenvalue weighted by Gasteiger charge is -2.21. The first-order valence-corrected chi connectivity index (χ1v) is 11.2. The SMILES string of the molecule is CCN(CC)c1ccc(NC(=O)CSc2nnc(-c3ccco3)n2CC(C)C)cc1. The molecule has 1 aromatic carbocycles. The van der Waals surface area contributed by atoms with Crippen LogP contribution in [0.15, 0.2) is 52.2 Å². The van der Waals surface area contributed by atoms with E-state index >= 15 is 0 Å². The zero-order valence-corrected chi connectivity index (χ0v) is 18.8. The standard InChI is InChI=1S/C22H29N5O2S/c1-5-26(6-2)18-11-9-17(10-12-18)23-20(28)15-30-22-25-24-21(19-8-7-13-29-19)27(22)14-16(3)4/h7-13,16H,5-6,14-15H2,1-4H3,(H,23,28). The predicted molar refractivity (Wildman–Crippen MR) is 122 cm³/mol. The Labute approximate surface area is 181 Å². The number of nitrogens with zero attached hydrogens (tertiary/aromatic N) is 4. The minimum absolute atomic E-state index is 0.0748. The van der Waals surface area contributed by atoms with Crippen molar-refractivity contribution in [2.75, 3.05) is 29.1 Å². The van der Waals surface area contributed by atoms with E-state index in [0.29, 0.717) is 22.7 Å². The molecule has 30 heavy (non-hydrogen) atoms. The number of carbonyl (C=O) groups is 1. The second-order valence-electron chi connectivity index (χ2n) is 7.34. The van der Waals surface area contributed by atoms with Crippen LogP contribution in [0.4, 0.5) is 11.4 Å². The molecule has 3 aromatic rings. The van der Waals surface area contributed by atoms with Gasteiger partial charge in [-0.3, -0.25) is 9.36 Å². The summed E-state index contributed by atoms with van der Waals surface area (Å²) >= 11 is 1.38. The number of anilines is 2. The first-order chi connectivity index (χ1) is 14.5. The first kappa shape index (κ1) is 22.0. The summed E-state index contributed by atoms with van der Waals surface area (Å²) in [6.45, 7) is 11.2. The summed E-state index contributed by atoms with van der Waals surface area (Å²) in [7, 11) is 0. The van der Waals surface area contributed by atoms with Gasteiger partial charge in [0, 0.05) is 31.0 Å². The second-order valence-corrected chi connectivity index (χ2v) is 8.29. The number of hydrogen-bond acceptors (Lipinski definition) is 6. The molecule has 0 aliphatic rings. The largest absolute Gasteiger partial charge is 0.461 e. The van der Waals surface area contributed by atoms with Gasteiger partial charge < -0.3 is 14.6 Å². The van der Waals surface area contributed by atoms with Crippen molar-refractivity contribution in [3.05, 3.63) is 42.7 Å². The molecule has 2 heterocycles. The van der Waals surface area contributed by atoms with E-state index in [0.717, 1.165) is 31.0 Å². The van der Waals surface area contributed by atoms with E-state index in [2.05, 4.69) is 48.1 Å². The number of hydrogen-bond donors (Lipinski definition) is 1. The summed E-state index contributed by atoms with van der Waals surface area (Å²) in [6.07, 6.45) is 1.62. The van der Waals surface area contributed by atoms with E-state index < -0.39 is 0 Å².